The van der Waals surface area contributed by atoms with Gasteiger partial charge in [-0.15, -0.1) is 11.3 Å². The minimum absolute atomic E-state index is 0.165. The molecule has 1 amide bonds. The summed E-state index contributed by atoms with van der Waals surface area (Å²) in [5, 5.41) is 4.03. The van der Waals surface area contributed by atoms with Crippen LogP contribution in [0.15, 0.2) is 59.6 Å². The van der Waals surface area contributed by atoms with E-state index in [1.54, 1.807) is 13.0 Å². The molecule has 0 atom stereocenters. The molecular weight excluding hydrogens is 346 g/mol. The highest BCUT2D eigenvalue weighted by atomic mass is 32.1. The highest BCUT2D eigenvalue weighted by Crippen LogP contribution is 2.31. The quantitative estimate of drug-likeness (QED) is 0.508. The second-order valence-electron chi connectivity index (χ2n) is 6.01. The van der Waals surface area contributed by atoms with Crippen LogP contribution in [-0.4, -0.2) is 23.4 Å². The van der Waals surface area contributed by atoms with E-state index in [0.29, 0.717) is 12.1 Å². The zero-order valence-electron chi connectivity index (χ0n) is 14.3. The van der Waals surface area contributed by atoms with Crippen molar-refractivity contribution in [1.82, 2.24) is 4.90 Å². The van der Waals surface area contributed by atoms with Crippen LogP contribution in [0, 0.1) is 0 Å². The molecule has 0 bridgehead atoms. The standard InChI is InChI=1S/C21H17NO3S/c1-2-25-21(24)19(12-17-8-5-9-26-17)22-13-16-10-14-6-3-4-7-15(14)11-18(16)20(22)23/h3-12H,2,13H2,1H3/b19-12-. The summed E-state index contributed by atoms with van der Waals surface area (Å²) in [5.41, 5.74) is 1.85. The van der Waals surface area contributed by atoms with Gasteiger partial charge < -0.3 is 4.74 Å². The second-order valence-corrected chi connectivity index (χ2v) is 6.99. The van der Waals surface area contributed by atoms with Crippen molar-refractivity contribution in [2.24, 2.45) is 0 Å². The Kier molecular flexibility index (Phi) is 4.31. The van der Waals surface area contributed by atoms with Crippen molar-refractivity contribution in [2.45, 2.75) is 13.5 Å². The third-order valence-corrected chi connectivity index (χ3v) is 5.19. The summed E-state index contributed by atoms with van der Waals surface area (Å²) < 4.78 is 5.19. The van der Waals surface area contributed by atoms with E-state index in [4.69, 9.17) is 4.74 Å². The van der Waals surface area contributed by atoms with Gasteiger partial charge in [0.2, 0.25) is 0 Å². The van der Waals surface area contributed by atoms with E-state index in [0.717, 1.165) is 21.2 Å². The molecule has 0 aliphatic carbocycles. The molecular formula is C21H17NO3S. The van der Waals surface area contributed by atoms with Crippen molar-refractivity contribution in [1.29, 1.82) is 0 Å². The van der Waals surface area contributed by atoms with E-state index < -0.39 is 5.97 Å². The summed E-state index contributed by atoms with van der Waals surface area (Å²) in [4.78, 5) is 27.9. The Balaban J connectivity index is 1.76. The number of hydrogen-bond donors (Lipinski definition) is 0. The van der Waals surface area contributed by atoms with Crippen molar-refractivity contribution in [3.05, 3.63) is 75.6 Å². The smallest absolute Gasteiger partial charge is 0.355 e. The second kappa shape index (κ2) is 6.77. The fourth-order valence-electron chi connectivity index (χ4n) is 3.16. The summed E-state index contributed by atoms with van der Waals surface area (Å²) in [6.45, 7) is 2.39. The van der Waals surface area contributed by atoms with Crippen LogP contribution < -0.4 is 0 Å². The molecule has 3 aromatic rings. The molecule has 1 aliphatic heterocycles. The number of benzene rings is 2. The summed E-state index contributed by atoms with van der Waals surface area (Å²) in [6, 6.07) is 15.7. The molecule has 2 aromatic carbocycles. The van der Waals surface area contributed by atoms with Crippen LogP contribution >= 0.6 is 11.3 Å². The van der Waals surface area contributed by atoms with E-state index in [1.807, 2.05) is 53.9 Å². The third-order valence-electron chi connectivity index (χ3n) is 4.37. The Morgan fingerprint density at radius 1 is 1.19 bits per heavy atom. The molecule has 2 heterocycles. The largest absolute Gasteiger partial charge is 0.461 e. The topological polar surface area (TPSA) is 46.6 Å². The number of carbonyl (C=O) groups is 2. The van der Waals surface area contributed by atoms with Crippen molar-refractivity contribution in [3.8, 4) is 0 Å². The first-order chi connectivity index (χ1) is 12.7. The van der Waals surface area contributed by atoms with Crippen LogP contribution in [0.3, 0.4) is 0 Å². The van der Waals surface area contributed by atoms with E-state index in [1.165, 1.54) is 16.2 Å². The molecule has 1 aromatic heterocycles. The number of hydrogen-bond acceptors (Lipinski definition) is 4. The molecule has 5 heteroatoms. The first-order valence-corrected chi connectivity index (χ1v) is 9.31. The highest BCUT2D eigenvalue weighted by molar-refractivity contribution is 7.10. The molecule has 4 rings (SSSR count). The number of esters is 1. The van der Waals surface area contributed by atoms with Gasteiger partial charge in [0.15, 0.2) is 0 Å². The van der Waals surface area contributed by atoms with Crippen molar-refractivity contribution < 1.29 is 14.3 Å². The predicted octanol–water partition coefficient (Wildman–Crippen LogP) is 4.46. The predicted molar refractivity (Wildman–Crippen MR) is 103 cm³/mol. The lowest BCUT2D eigenvalue weighted by Gasteiger charge is -2.18. The van der Waals surface area contributed by atoms with Gasteiger partial charge in [-0.25, -0.2) is 4.79 Å². The number of thiophene rings is 1. The molecule has 26 heavy (non-hydrogen) atoms. The van der Waals surface area contributed by atoms with Gasteiger partial charge in [-0.2, -0.15) is 0 Å². The lowest BCUT2D eigenvalue weighted by Crippen LogP contribution is -2.29. The number of nitrogens with zero attached hydrogens (tertiary/aromatic N) is 1. The maximum Gasteiger partial charge on any atom is 0.355 e. The van der Waals surface area contributed by atoms with Crippen LogP contribution in [0.5, 0.6) is 0 Å². The molecule has 0 saturated heterocycles. The van der Waals surface area contributed by atoms with Crippen molar-refractivity contribution in [2.75, 3.05) is 6.61 Å². The maximum absolute atomic E-state index is 13.0. The van der Waals surface area contributed by atoms with Gasteiger partial charge in [-0.1, -0.05) is 30.3 Å². The number of rotatable bonds is 4. The molecule has 0 fully saturated rings. The summed E-state index contributed by atoms with van der Waals surface area (Å²) in [7, 11) is 0. The van der Waals surface area contributed by atoms with Gasteiger partial charge in [0.05, 0.1) is 13.2 Å². The Labute approximate surface area is 155 Å². The fourth-order valence-corrected chi connectivity index (χ4v) is 3.81. The van der Waals surface area contributed by atoms with Gasteiger partial charge in [-0.3, -0.25) is 9.69 Å². The van der Waals surface area contributed by atoms with Gasteiger partial charge in [-0.05, 0) is 52.9 Å². The van der Waals surface area contributed by atoms with Gasteiger partial charge in [0.25, 0.3) is 5.91 Å². The van der Waals surface area contributed by atoms with Crippen molar-refractivity contribution in [3.63, 3.8) is 0 Å². The maximum atomic E-state index is 13.0. The van der Waals surface area contributed by atoms with E-state index in [2.05, 4.69) is 0 Å². The molecule has 4 nitrogen and oxygen atoms in total. The number of ether oxygens (including phenoxy) is 1. The lowest BCUT2D eigenvalue weighted by atomic mass is 10.0. The molecule has 0 saturated carbocycles. The Morgan fingerprint density at radius 2 is 1.96 bits per heavy atom. The minimum atomic E-state index is -0.480. The zero-order valence-corrected chi connectivity index (χ0v) is 15.1. The molecule has 0 spiro atoms. The van der Waals surface area contributed by atoms with Crippen LogP contribution in [0.25, 0.3) is 16.8 Å². The SMILES string of the molecule is CCOC(=O)/C(=C/c1cccs1)N1Cc2cc3ccccc3cc2C1=O. The van der Waals surface area contributed by atoms with Gasteiger partial charge >= 0.3 is 5.97 Å². The van der Waals surface area contributed by atoms with Gasteiger partial charge in [0, 0.05) is 10.4 Å². The Morgan fingerprint density at radius 3 is 2.65 bits per heavy atom. The molecule has 0 radical (unpaired) electrons. The lowest BCUT2D eigenvalue weighted by molar-refractivity contribution is -0.139. The number of amides is 1. The molecule has 130 valence electrons. The van der Waals surface area contributed by atoms with E-state index in [9.17, 15) is 9.59 Å². The van der Waals surface area contributed by atoms with E-state index >= 15 is 0 Å². The molecule has 0 N–H and O–H groups in total. The number of carbonyl (C=O) groups excluding carboxylic acids is 2. The minimum Gasteiger partial charge on any atom is -0.461 e. The summed E-state index contributed by atoms with van der Waals surface area (Å²) >= 11 is 1.51. The van der Waals surface area contributed by atoms with Crippen LogP contribution in [-0.2, 0) is 16.1 Å². The monoisotopic (exact) mass is 363 g/mol. The Bertz CT molecular complexity index is 1020. The van der Waals surface area contributed by atoms with Crippen LogP contribution in [0.1, 0.15) is 27.7 Å². The van der Waals surface area contributed by atoms with E-state index in [-0.39, 0.29) is 18.2 Å². The fraction of sp³-hybridized carbons (Fsp3) is 0.143. The first-order valence-electron chi connectivity index (χ1n) is 8.43. The molecule has 1 aliphatic rings. The average Bonchev–Trinajstić information content (AvgIpc) is 3.26. The zero-order chi connectivity index (χ0) is 18.1. The summed E-state index contributed by atoms with van der Waals surface area (Å²) in [5.74, 6) is -0.645. The first kappa shape index (κ1) is 16.5. The third kappa shape index (κ3) is 2.91. The normalized spacial score (nSPS) is 14.0. The van der Waals surface area contributed by atoms with Crippen LogP contribution in [0.4, 0.5) is 0 Å². The van der Waals surface area contributed by atoms with Gasteiger partial charge in [0.1, 0.15) is 5.70 Å². The number of fused-ring (bicyclic) bond motifs is 2. The summed E-state index contributed by atoms with van der Waals surface area (Å²) in [6.07, 6.45) is 1.73. The van der Waals surface area contributed by atoms with Crippen LogP contribution in [0.2, 0.25) is 0 Å². The Hall–Kier alpha value is -2.92. The van der Waals surface area contributed by atoms with Crippen molar-refractivity contribution >= 4 is 40.1 Å². The highest BCUT2D eigenvalue weighted by Gasteiger charge is 2.33. The average molecular weight is 363 g/mol. The molecule has 0 unspecified atom stereocenters.